The van der Waals surface area contributed by atoms with Crippen LogP contribution in [0.4, 0.5) is 0 Å². The highest BCUT2D eigenvalue weighted by molar-refractivity contribution is 6.30. The monoisotopic (exact) mass is 407 g/mol. The maximum atomic E-state index is 12.1. The van der Waals surface area contributed by atoms with Crippen molar-refractivity contribution in [3.63, 3.8) is 0 Å². The number of halogens is 1. The molecule has 1 aliphatic rings. The molecule has 0 atom stereocenters. The Balaban J connectivity index is 1.76. The van der Waals surface area contributed by atoms with E-state index < -0.39 is 5.41 Å². The average molecular weight is 408 g/mol. The quantitative estimate of drug-likeness (QED) is 0.480. The van der Waals surface area contributed by atoms with E-state index in [-0.39, 0.29) is 5.91 Å². The molecule has 2 rings (SSSR count). The minimum atomic E-state index is -0.491. The number of guanidine groups is 1. The fourth-order valence-corrected chi connectivity index (χ4v) is 3.38. The molecule has 1 fully saturated rings. The summed E-state index contributed by atoms with van der Waals surface area (Å²) in [5, 5.41) is 10.5. The number of rotatable bonds is 7. The lowest BCUT2D eigenvalue weighted by Crippen LogP contribution is -2.51. The van der Waals surface area contributed by atoms with Crippen LogP contribution in [0.1, 0.15) is 39.2 Å². The summed E-state index contributed by atoms with van der Waals surface area (Å²) in [5.41, 5.74) is 0.802. The number of hydrogen-bond donors (Lipinski definition) is 3. The number of carbonyl (C=O) groups excluding carboxylic acids is 1. The van der Waals surface area contributed by atoms with Crippen molar-refractivity contribution in [2.24, 2.45) is 10.4 Å². The van der Waals surface area contributed by atoms with Crippen molar-refractivity contribution >= 4 is 23.5 Å². The van der Waals surface area contributed by atoms with Crippen LogP contribution in [0.25, 0.3) is 0 Å². The highest BCUT2D eigenvalue weighted by Crippen LogP contribution is 2.16. The van der Waals surface area contributed by atoms with E-state index in [0.29, 0.717) is 19.1 Å². The molecule has 0 bridgehead atoms. The molecule has 3 N–H and O–H groups in total. The van der Waals surface area contributed by atoms with E-state index in [9.17, 15) is 4.79 Å². The lowest BCUT2D eigenvalue weighted by molar-refractivity contribution is -0.128. The van der Waals surface area contributed by atoms with Crippen LogP contribution in [0, 0.1) is 5.41 Å². The topological polar surface area (TPSA) is 68.8 Å². The molecule has 1 aromatic rings. The summed E-state index contributed by atoms with van der Waals surface area (Å²) in [6.07, 6.45) is 2.13. The number of likely N-dealkylation sites (tertiary alicyclic amines) is 1. The second-order valence-corrected chi connectivity index (χ2v) is 8.43. The van der Waals surface area contributed by atoms with Crippen LogP contribution < -0.4 is 16.0 Å². The average Bonchev–Trinajstić information content (AvgIpc) is 2.68. The van der Waals surface area contributed by atoms with Gasteiger partial charge in [-0.1, -0.05) is 23.7 Å². The van der Waals surface area contributed by atoms with Gasteiger partial charge in [0.1, 0.15) is 0 Å². The molecule has 0 aromatic heterocycles. The van der Waals surface area contributed by atoms with Crippen LogP contribution in [-0.2, 0) is 11.3 Å². The van der Waals surface area contributed by atoms with E-state index in [1.807, 2.05) is 32.9 Å². The molecule has 1 saturated heterocycles. The minimum Gasteiger partial charge on any atom is -0.356 e. The van der Waals surface area contributed by atoms with Gasteiger partial charge in [-0.25, -0.2) is 0 Å². The smallest absolute Gasteiger partial charge is 0.227 e. The second-order valence-electron chi connectivity index (χ2n) is 7.99. The van der Waals surface area contributed by atoms with Gasteiger partial charge in [-0.05, 0) is 51.3 Å². The molecule has 156 valence electrons. The molecule has 28 heavy (non-hydrogen) atoms. The predicted octanol–water partition coefficient (Wildman–Crippen LogP) is 2.63. The number of nitrogens with one attached hydrogen (secondary N) is 3. The van der Waals surface area contributed by atoms with Crippen LogP contribution in [0.5, 0.6) is 0 Å². The van der Waals surface area contributed by atoms with E-state index in [4.69, 9.17) is 11.6 Å². The molecule has 1 amide bonds. The Bertz CT molecular complexity index is 651. The lowest BCUT2D eigenvalue weighted by atomic mass is 9.92. The molecule has 1 aromatic carbocycles. The normalized spacial score (nSPS) is 16.7. The summed E-state index contributed by atoms with van der Waals surface area (Å²) in [4.78, 5) is 18.9. The largest absolute Gasteiger partial charge is 0.356 e. The predicted molar refractivity (Wildman–Crippen MR) is 117 cm³/mol. The number of nitrogens with zero attached hydrogens (tertiary/aromatic N) is 2. The van der Waals surface area contributed by atoms with Crippen LogP contribution in [0.15, 0.2) is 29.3 Å². The summed E-state index contributed by atoms with van der Waals surface area (Å²) in [7, 11) is 1.77. The van der Waals surface area contributed by atoms with Gasteiger partial charge >= 0.3 is 0 Å². The van der Waals surface area contributed by atoms with Crippen LogP contribution in [0.2, 0.25) is 5.02 Å². The third-order valence-corrected chi connectivity index (χ3v) is 5.37. The van der Waals surface area contributed by atoms with Gasteiger partial charge in [-0.3, -0.25) is 14.7 Å². The summed E-state index contributed by atoms with van der Waals surface area (Å²) in [6, 6.07) is 8.47. The third kappa shape index (κ3) is 6.99. The fourth-order valence-electron chi connectivity index (χ4n) is 3.26. The first-order valence-corrected chi connectivity index (χ1v) is 10.4. The summed E-state index contributed by atoms with van der Waals surface area (Å²) in [5.74, 6) is 0.807. The highest BCUT2D eigenvalue weighted by atomic mass is 35.5. The third-order valence-electron chi connectivity index (χ3n) is 5.12. The van der Waals surface area contributed by atoms with Crippen LogP contribution >= 0.6 is 11.6 Å². The van der Waals surface area contributed by atoms with E-state index in [1.165, 1.54) is 5.56 Å². The van der Waals surface area contributed by atoms with Gasteiger partial charge in [0.15, 0.2) is 5.96 Å². The van der Waals surface area contributed by atoms with E-state index in [0.717, 1.165) is 43.5 Å². The molecule has 0 aliphatic carbocycles. The summed E-state index contributed by atoms with van der Waals surface area (Å²) >= 11 is 5.96. The fraction of sp³-hybridized carbons (Fsp3) is 0.619. The first-order chi connectivity index (χ1) is 13.3. The van der Waals surface area contributed by atoms with Crippen LogP contribution in [0.3, 0.4) is 0 Å². The first kappa shape index (κ1) is 22.5. The van der Waals surface area contributed by atoms with Crippen molar-refractivity contribution in [3.8, 4) is 0 Å². The van der Waals surface area contributed by atoms with Gasteiger partial charge < -0.3 is 16.0 Å². The molecule has 7 heteroatoms. The number of carbonyl (C=O) groups is 1. The highest BCUT2D eigenvalue weighted by Gasteiger charge is 2.27. The number of benzene rings is 1. The van der Waals surface area contributed by atoms with Crippen molar-refractivity contribution in [2.75, 3.05) is 33.2 Å². The van der Waals surface area contributed by atoms with Gasteiger partial charge in [-0.2, -0.15) is 0 Å². The molecule has 6 nitrogen and oxygen atoms in total. The Morgan fingerprint density at radius 2 is 1.86 bits per heavy atom. The van der Waals surface area contributed by atoms with Crippen molar-refractivity contribution in [1.82, 2.24) is 20.9 Å². The molecular formula is C21H34ClN5O. The molecular weight excluding hydrogens is 374 g/mol. The Hall–Kier alpha value is -1.79. The number of piperidine rings is 1. The Kier molecular flexibility index (Phi) is 8.58. The second kappa shape index (κ2) is 10.7. The Morgan fingerprint density at radius 1 is 1.21 bits per heavy atom. The zero-order chi connectivity index (χ0) is 20.6. The standard InChI is InChI=1S/C21H34ClN5O/c1-5-24-19(28)21(2,3)15-25-20(23-4)26-18-10-12-27(13-11-18)14-16-6-8-17(22)9-7-16/h6-9,18H,5,10-15H2,1-4H3,(H,24,28)(H2,23,25,26). The number of aliphatic imine (C=N–C) groups is 1. The first-order valence-electron chi connectivity index (χ1n) is 10.1. The number of amides is 1. The van der Waals surface area contributed by atoms with Gasteiger partial charge in [0.05, 0.1) is 5.41 Å². The molecule has 0 saturated carbocycles. The summed E-state index contributed by atoms with van der Waals surface area (Å²) in [6.45, 7) is 10.0. The zero-order valence-electron chi connectivity index (χ0n) is 17.5. The van der Waals surface area contributed by atoms with Crippen molar-refractivity contribution in [1.29, 1.82) is 0 Å². The molecule has 0 unspecified atom stereocenters. The van der Waals surface area contributed by atoms with Gasteiger partial charge in [0, 0.05) is 50.8 Å². The number of hydrogen-bond acceptors (Lipinski definition) is 3. The van der Waals surface area contributed by atoms with E-state index >= 15 is 0 Å². The van der Waals surface area contributed by atoms with Crippen molar-refractivity contribution in [2.45, 2.75) is 46.2 Å². The lowest BCUT2D eigenvalue weighted by Gasteiger charge is -2.33. The maximum absolute atomic E-state index is 12.1. The molecule has 0 radical (unpaired) electrons. The zero-order valence-corrected chi connectivity index (χ0v) is 18.3. The van der Waals surface area contributed by atoms with Gasteiger partial charge in [0.2, 0.25) is 5.91 Å². The Labute approximate surface area is 174 Å². The minimum absolute atomic E-state index is 0.0495. The van der Waals surface area contributed by atoms with Crippen molar-refractivity contribution in [3.05, 3.63) is 34.9 Å². The SMILES string of the molecule is CCNC(=O)C(C)(C)CNC(=NC)NC1CCN(Cc2ccc(Cl)cc2)CC1. The van der Waals surface area contributed by atoms with Crippen molar-refractivity contribution < 1.29 is 4.79 Å². The van der Waals surface area contributed by atoms with E-state index in [2.05, 4.69) is 38.0 Å². The molecule has 1 aliphatic heterocycles. The van der Waals surface area contributed by atoms with Gasteiger partial charge in [0.25, 0.3) is 0 Å². The van der Waals surface area contributed by atoms with Gasteiger partial charge in [-0.15, -0.1) is 0 Å². The molecule has 1 heterocycles. The van der Waals surface area contributed by atoms with Crippen LogP contribution in [-0.4, -0.2) is 56.0 Å². The summed E-state index contributed by atoms with van der Waals surface area (Å²) < 4.78 is 0. The maximum Gasteiger partial charge on any atom is 0.227 e. The Morgan fingerprint density at radius 3 is 2.43 bits per heavy atom. The van der Waals surface area contributed by atoms with E-state index in [1.54, 1.807) is 7.05 Å². The molecule has 0 spiro atoms.